The van der Waals surface area contributed by atoms with Crippen molar-refractivity contribution in [2.24, 2.45) is 0 Å². The highest BCUT2D eigenvalue weighted by atomic mass is 32.2. The number of hydrogen-bond acceptors (Lipinski definition) is 6. The van der Waals surface area contributed by atoms with Crippen LogP contribution in [0.25, 0.3) is 0 Å². The van der Waals surface area contributed by atoms with E-state index in [0.717, 1.165) is 21.7 Å². The number of rotatable bonds is 11. The number of carbonyl (C=O) groups excluding carboxylic acids is 2. The predicted molar refractivity (Wildman–Crippen MR) is 132 cm³/mol. The molecule has 0 bridgehead atoms. The molecule has 1 N–H and O–H groups in total. The molecule has 2 rings (SSSR count). The highest BCUT2D eigenvalue weighted by Gasteiger charge is 2.32. The third-order valence-corrected chi connectivity index (χ3v) is 6.70. The van der Waals surface area contributed by atoms with E-state index >= 15 is 0 Å². The first-order valence-corrected chi connectivity index (χ1v) is 12.7. The summed E-state index contributed by atoms with van der Waals surface area (Å²) in [5.74, 6) is -0.118. The van der Waals surface area contributed by atoms with Crippen molar-refractivity contribution in [2.75, 3.05) is 38.4 Å². The van der Waals surface area contributed by atoms with Gasteiger partial charge in [-0.3, -0.25) is 13.9 Å². The van der Waals surface area contributed by atoms with E-state index < -0.39 is 28.5 Å². The molecule has 2 aromatic carbocycles. The molecule has 0 aliphatic carbocycles. The third-order valence-electron chi connectivity index (χ3n) is 5.57. The number of amides is 2. The van der Waals surface area contributed by atoms with Gasteiger partial charge in [-0.1, -0.05) is 31.2 Å². The summed E-state index contributed by atoms with van der Waals surface area (Å²) in [4.78, 5) is 27.6. The third kappa shape index (κ3) is 6.40. The van der Waals surface area contributed by atoms with Crippen molar-refractivity contribution >= 4 is 27.5 Å². The summed E-state index contributed by atoms with van der Waals surface area (Å²) in [6, 6.07) is 11.4. The normalized spacial score (nSPS) is 11.9. The Morgan fingerprint density at radius 1 is 1.09 bits per heavy atom. The van der Waals surface area contributed by atoms with Gasteiger partial charge >= 0.3 is 0 Å². The molecule has 0 saturated carbocycles. The fourth-order valence-corrected chi connectivity index (χ4v) is 4.50. The van der Waals surface area contributed by atoms with Gasteiger partial charge in [0, 0.05) is 19.7 Å². The first-order chi connectivity index (χ1) is 16.1. The Hall–Kier alpha value is -3.27. The zero-order valence-electron chi connectivity index (χ0n) is 20.5. The lowest BCUT2D eigenvalue weighted by Gasteiger charge is -2.33. The SMILES string of the molecule is CC[C@@H](C(=O)NC)N(Cc1ccccc1C)C(=O)CN(c1ccc(OC)cc1OC)S(C)(=O)=O. The maximum atomic E-state index is 13.6. The second-order valence-corrected chi connectivity index (χ2v) is 9.70. The number of nitrogens with one attached hydrogen (secondary N) is 1. The zero-order valence-corrected chi connectivity index (χ0v) is 21.3. The molecule has 0 radical (unpaired) electrons. The molecule has 0 saturated heterocycles. The quantitative estimate of drug-likeness (QED) is 0.517. The maximum absolute atomic E-state index is 13.6. The number of methoxy groups -OCH3 is 2. The van der Waals surface area contributed by atoms with Gasteiger partial charge in [0.05, 0.1) is 26.2 Å². The van der Waals surface area contributed by atoms with Crippen molar-refractivity contribution in [3.8, 4) is 11.5 Å². The van der Waals surface area contributed by atoms with Crippen LogP contribution < -0.4 is 19.1 Å². The fraction of sp³-hybridized carbons (Fsp3) is 0.417. The van der Waals surface area contributed by atoms with Crippen LogP contribution in [0.5, 0.6) is 11.5 Å². The van der Waals surface area contributed by atoms with Crippen molar-refractivity contribution in [2.45, 2.75) is 32.9 Å². The number of carbonyl (C=O) groups is 2. The van der Waals surface area contributed by atoms with Crippen LogP contribution in [-0.2, 0) is 26.2 Å². The molecule has 0 aromatic heterocycles. The van der Waals surface area contributed by atoms with Crippen LogP contribution in [0.2, 0.25) is 0 Å². The summed E-state index contributed by atoms with van der Waals surface area (Å²) in [6.45, 7) is 3.39. The molecule has 186 valence electrons. The lowest BCUT2D eigenvalue weighted by Crippen LogP contribution is -2.51. The number of aryl methyl sites for hydroxylation is 1. The molecular formula is C24H33N3O6S. The van der Waals surface area contributed by atoms with Crippen LogP contribution in [0.3, 0.4) is 0 Å². The van der Waals surface area contributed by atoms with Gasteiger partial charge in [0.15, 0.2) is 0 Å². The molecule has 0 heterocycles. The Labute approximate surface area is 201 Å². The van der Waals surface area contributed by atoms with E-state index in [2.05, 4.69) is 5.32 Å². The Morgan fingerprint density at radius 2 is 1.76 bits per heavy atom. The molecule has 1 atom stereocenters. The van der Waals surface area contributed by atoms with Crippen molar-refractivity contribution in [3.05, 3.63) is 53.6 Å². The first-order valence-electron chi connectivity index (χ1n) is 10.8. The Bertz CT molecular complexity index is 1120. The Balaban J connectivity index is 2.51. The molecule has 2 aromatic rings. The average Bonchev–Trinajstić information content (AvgIpc) is 2.82. The predicted octanol–water partition coefficient (Wildman–Crippen LogP) is 2.33. The van der Waals surface area contributed by atoms with Gasteiger partial charge in [0.2, 0.25) is 21.8 Å². The number of likely N-dealkylation sites (N-methyl/N-ethyl adjacent to an activating group) is 1. The van der Waals surface area contributed by atoms with Gasteiger partial charge in [-0.05, 0) is 36.6 Å². The van der Waals surface area contributed by atoms with Crippen LogP contribution in [0, 0.1) is 6.92 Å². The number of ether oxygens (including phenoxy) is 2. The van der Waals surface area contributed by atoms with Crippen LogP contribution >= 0.6 is 0 Å². The molecule has 0 aliphatic heterocycles. The van der Waals surface area contributed by atoms with E-state index in [9.17, 15) is 18.0 Å². The fourth-order valence-electron chi connectivity index (χ4n) is 3.64. The number of anilines is 1. The van der Waals surface area contributed by atoms with E-state index in [0.29, 0.717) is 12.2 Å². The minimum absolute atomic E-state index is 0.161. The summed E-state index contributed by atoms with van der Waals surface area (Å²) < 4.78 is 37.0. The van der Waals surface area contributed by atoms with Gasteiger partial charge in [0.1, 0.15) is 24.1 Å². The van der Waals surface area contributed by atoms with Crippen molar-refractivity contribution in [1.29, 1.82) is 0 Å². The summed E-state index contributed by atoms with van der Waals surface area (Å²) in [6.07, 6.45) is 1.38. The van der Waals surface area contributed by atoms with Gasteiger partial charge < -0.3 is 19.7 Å². The van der Waals surface area contributed by atoms with Crippen molar-refractivity contribution in [1.82, 2.24) is 10.2 Å². The summed E-state index contributed by atoms with van der Waals surface area (Å²) in [7, 11) is 0.525. The van der Waals surface area contributed by atoms with E-state index in [1.807, 2.05) is 31.2 Å². The lowest BCUT2D eigenvalue weighted by molar-refractivity contribution is -0.140. The molecule has 9 nitrogen and oxygen atoms in total. The largest absolute Gasteiger partial charge is 0.497 e. The smallest absolute Gasteiger partial charge is 0.244 e. The standard InChI is InChI=1S/C24H33N3O6S/c1-7-20(24(29)25-3)26(15-18-11-9-8-10-17(18)2)23(28)16-27(34(6,30)31)21-13-12-19(32-4)14-22(21)33-5/h8-14,20H,7,15-16H2,1-6H3,(H,25,29)/t20-/m0/s1. The minimum atomic E-state index is -3.87. The molecule has 34 heavy (non-hydrogen) atoms. The van der Waals surface area contributed by atoms with Gasteiger partial charge in [-0.15, -0.1) is 0 Å². The second kappa shape index (κ2) is 11.7. The maximum Gasteiger partial charge on any atom is 0.244 e. The van der Waals surface area contributed by atoms with E-state index in [1.54, 1.807) is 19.1 Å². The van der Waals surface area contributed by atoms with Crippen LogP contribution in [0.15, 0.2) is 42.5 Å². The molecule has 0 unspecified atom stereocenters. The summed E-state index contributed by atoms with van der Waals surface area (Å²) in [5, 5.41) is 2.60. The molecule has 10 heteroatoms. The first kappa shape index (κ1) is 27.0. The van der Waals surface area contributed by atoms with E-state index in [-0.39, 0.29) is 23.9 Å². The number of benzene rings is 2. The average molecular weight is 492 g/mol. The Kier molecular flexibility index (Phi) is 9.31. The van der Waals surface area contributed by atoms with Gasteiger partial charge in [-0.2, -0.15) is 0 Å². The molecule has 2 amide bonds. The van der Waals surface area contributed by atoms with E-state index in [4.69, 9.17) is 9.47 Å². The lowest BCUT2D eigenvalue weighted by atomic mass is 10.1. The van der Waals surface area contributed by atoms with Crippen molar-refractivity contribution < 1.29 is 27.5 Å². The number of nitrogens with zero attached hydrogens (tertiary/aromatic N) is 2. The highest BCUT2D eigenvalue weighted by Crippen LogP contribution is 2.33. The monoisotopic (exact) mass is 491 g/mol. The number of sulfonamides is 1. The summed E-state index contributed by atoms with van der Waals surface area (Å²) in [5.41, 5.74) is 2.03. The molecule has 0 fully saturated rings. The summed E-state index contributed by atoms with van der Waals surface area (Å²) >= 11 is 0. The van der Waals surface area contributed by atoms with Crippen LogP contribution in [0.1, 0.15) is 24.5 Å². The second-order valence-electron chi connectivity index (χ2n) is 7.79. The minimum Gasteiger partial charge on any atom is -0.497 e. The van der Waals surface area contributed by atoms with E-state index in [1.165, 1.54) is 32.2 Å². The van der Waals surface area contributed by atoms with Crippen LogP contribution in [-0.4, -0.2) is 65.2 Å². The zero-order chi connectivity index (χ0) is 25.5. The topological polar surface area (TPSA) is 105 Å². The molecular weight excluding hydrogens is 458 g/mol. The Morgan fingerprint density at radius 3 is 2.29 bits per heavy atom. The van der Waals surface area contributed by atoms with Gasteiger partial charge in [0.25, 0.3) is 0 Å². The van der Waals surface area contributed by atoms with Gasteiger partial charge in [-0.25, -0.2) is 8.42 Å². The highest BCUT2D eigenvalue weighted by molar-refractivity contribution is 7.92. The van der Waals surface area contributed by atoms with Crippen LogP contribution in [0.4, 0.5) is 5.69 Å². The molecule has 0 aliphatic rings. The number of hydrogen-bond donors (Lipinski definition) is 1. The molecule has 0 spiro atoms. The van der Waals surface area contributed by atoms with Crippen molar-refractivity contribution in [3.63, 3.8) is 0 Å².